The summed E-state index contributed by atoms with van der Waals surface area (Å²) in [6, 6.07) is 2.89. The van der Waals surface area contributed by atoms with E-state index in [4.69, 9.17) is 9.97 Å². The van der Waals surface area contributed by atoms with Crippen LogP contribution >= 0.6 is 0 Å². The van der Waals surface area contributed by atoms with Gasteiger partial charge in [0.25, 0.3) is 0 Å². The summed E-state index contributed by atoms with van der Waals surface area (Å²) in [5.41, 5.74) is 2.39. The van der Waals surface area contributed by atoms with E-state index in [-0.39, 0.29) is 11.7 Å². The third-order valence-corrected chi connectivity index (χ3v) is 6.30. The highest BCUT2D eigenvalue weighted by Crippen LogP contribution is 2.38. The van der Waals surface area contributed by atoms with E-state index in [1.807, 2.05) is 24.4 Å². The Bertz CT molecular complexity index is 1490. The highest BCUT2D eigenvalue weighted by atomic mass is 19.4. The quantitative estimate of drug-likeness (QED) is 0.471. The standard InChI is InChI=1S/C24H20F3N7/c1-13-10-28-7-8-34(13)23-20-17(14-3-2-4-14)11-29-12-18(20)31-22(33-23)15-5-6-30-21-16(15)9-19(32-21)24(25,26)27/h2-6,9,11-13,28H,7-8,10H2,1H3,(H,30,32)/t13-/m1/s1. The number of aromatic amines is 1. The van der Waals surface area contributed by atoms with Gasteiger partial charge >= 0.3 is 6.18 Å². The Hall–Kier alpha value is -3.79. The molecule has 4 aromatic rings. The van der Waals surface area contributed by atoms with E-state index in [2.05, 4.69) is 32.1 Å². The van der Waals surface area contributed by atoms with Gasteiger partial charge in [-0.25, -0.2) is 15.0 Å². The SMILES string of the molecule is C[C@@H]1CNCCN1c1nc(-c2ccnc3[nH]c(C(F)(F)F)cc23)nc2cncc(C3=CC=C3)c12. The Balaban J connectivity index is 1.61. The van der Waals surface area contributed by atoms with Gasteiger partial charge in [-0.3, -0.25) is 4.98 Å². The second-order valence-corrected chi connectivity index (χ2v) is 8.48. The molecule has 0 amide bonds. The van der Waals surface area contributed by atoms with Crippen molar-refractivity contribution in [2.75, 3.05) is 24.5 Å². The van der Waals surface area contributed by atoms with Gasteiger partial charge in [0.1, 0.15) is 17.2 Å². The number of hydrogen-bond donors (Lipinski definition) is 2. The molecule has 0 aromatic carbocycles. The molecule has 34 heavy (non-hydrogen) atoms. The smallest absolute Gasteiger partial charge is 0.351 e. The molecule has 172 valence electrons. The summed E-state index contributed by atoms with van der Waals surface area (Å²) < 4.78 is 40.1. The van der Waals surface area contributed by atoms with E-state index in [1.165, 1.54) is 6.20 Å². The predicted molar refractivity (Wildman–Crippen MR) is 124 cm³/mol. The molecule has 5 heterocycles. The van der Waals surface area contributed by atoms with Gasteiger partial charge in [0.2, 0.25) is 0 Å². The zero-order valence-electron chi connectivity index (χ0n) is 18.2. The molecule has 1 fully saturated rings. The molecule has 4 aromatic heterocycles. The molecular formula is C24H20F3N7. The van der Waals surface area contributed by atoms with Crippen LogP contribution in [-0.2, 0) is 6.18 Å². The van der Waals surface area contributed by atoms with Gasteiger partial charge in [0.05, 0.1) is 17.1 Å². The minimum absolute atomic E-state index is 0.141. The molecule has 10 heteroatoms. The van der Waals surface area contributed by atoms with Crippen LogP contribution in [0.4, 0.5) is 19.0 Å². The molecule has 0 bridgehead atoms. The summed E-state index contributed by atoms with van der Waals surface area (Å²) >= 11 is 0. The molecule has 2 N–H and O–H groups in total. The highest BCUT2D eigenvalue weighted by Gasteiger charge is 2.33. The van der Waals surface area contributed by atoms with Gasteiger partial charge in [0, 0.05) is 54.6 Å². The van der Waals surface area contributed by atoms with Crippen molar-refractivity contribution in [2.45, 2.75) is 19.1 Å². The fourth-order valence-corrected chi connectivity index (χ4v) is 4.51. The van der Waals surface area contributed by atoms with Crippen molar-refractivity contribution in [3.8, 4) is 11.4 Å². The van der Waals surface area contributed by atoms with Gasteiger partial charge in [-0.05, 0) is 24.6 Å². The number of fused-ring (bicyclic) bond motifs is 2. The first-order valence-electron chi connectivity index (χ1n) is 11.0. The predicted octanol–water partition coefficient (Wildman–Crippen LogP) is 4.34. The van der Waals surface area contributed by atoms with Crippen LogP contribution in [0.25, 0.3) is 38.9 Å². The maximum Gasteiger partial charge on any atom is 0.431 e. The summed E-state index contributed by atoms with van der Waals surface area (Å²) in [5, 5.41) is 4.60. The second-order valence-electron chi connectivity index (χ2n) is 8.48. The molecule has 0 spiro atoms. The van der Waals surface area contributed by atoms with Crippen molar-refractivity contribution in [1.29, 1.82) is 0 Å². The molecule has 6 rings (SSSR count). The first-order valence-corrected chi connectivity index (χ1v) is 11.0. The number of anilines is 1. The maximum atomic E-state index is 13.4. The lowest BCUT2D eigenvalue weighted by Gasteiger charge is -2.36. The molecule has 0 radical (unpaired) electrons. The van der Waals surface area contributed by atoms with Gasteiger partial charge in [-0.2, -0.15) is 13.2 Å². The molecule has 7 nitrogen and oxygen atoms in total. The van der Waals surface area contributed by atoms with Crippen LogP contribution in [0, 0.1) is 0 Å². The van der Waals surface area contributed by atoms with Crippen LogP contribution < -0.4 is 10.2 Å². The van der Waals surface area contributed by atoms with Crippen LogP contribution in [-0.4, -0.2) is 50.6 Å². The zero-order chi connectivity index (χ0) is 23.4. The summed E-state index contributed by atoms with van der Waals surface area (Å²) in [6.07, 6.45) is 6.44. The van der Waals surface area contributed by atoms with E-state index in [0.717, 1.165) is 48.0 Å². The largest absolute Gasteiger partial charge is 0.431 e. The Morgan fingerprint density at radius 2 is 2.00 bits per heavy atom. The van der Waals surface area contributed by atoms with Gasteiger partial charge in [-0.1, -0.05) is 18.2 Å². The van der Waals surface area contributed by atoms with Crippen LogP contribution in [0.2, 0.25) is 0 Å². The first kappa shape index (κ1) is 20.8. The Morgan fingerprint density at radius 3 is 2.74 bits per heavy atom. The maximum absolute atomic E-state index is 13.4. The normalized spacial score (nSPS) is 18.4. The summed E-state index contributed by atoms with van der Waals surface area (Å²) in [5.74, 6) is 1.09. The minimum Gasteiger partial charge on any atom is -0.351 e. The molecule has 1 saturated heterocycles. The number of nitrogens with one attached hydrogen (secondary N) is 2. The van der Waals surface area contributed by atoms with Crippen molar-refractivity contribution in [1.82, 2.24) is 30.2 Å². The number of rotatable bonds is 3. The molecule has 1 aliphatic carbocycles. The van der Waals surface area contributed by atoms with Crippen molar-refractivity contribution < 1.29 is 13.2 Å². The molecular weight excluding hydrogens is 443 g/mol. The summed E-state index contributed by atoms with van der Waals surface area (Å²) in [4.78, 5) is 22.8. The Morgan fingerprint density at radius 1 is 1.15 bits per heavy atom. The zero-order valence-corrected chi connectivity index (χ0v) is 18.2. The molecule has 0 unspecified atom stereocenters. The summed E-state index contributed by atoms with van der Waals surface area (Å²) in [7, 11) is 0. The Kier molecular flexibility index (Phi) is 4.66. The van der Waals surface area contributed by atoms with E-state index < -0.39 is 11.9 Å². The van der Waals surface area contributed by atoms with E-state index in [1.54, 1.807) is 12.3 Å². The van der Waals surface area contributed by atoms with Crippen molar-refractivity contribution in [3.63, 3.8) is 0 Å². The number of pyridine rings is 2. The van der Waals surface area contributed by atoms with Crippen molar-refractivity contribution in [3.05, 3.63) is 60.2 Å². The number of aromatic nitrogens is 5. The van der Waals surface area contributed by atoms with E-state index in [0.29, 0.717) is 22.3 Å². The van der Waals surface area contributed by atoms with Gasteiger partial charge in [-0.15, -0.1) is 0 Å². The number of halogens is 3. The van der Waals surface area contributed by atoms with Crippen molar-refractivity contribution in [2.24, 2.45) is 0 Å². The number of alkyl halides is 3. The van der Waals surface area contributed by atoms with Crippen LogP contribution in [0.5, 0.6) is 0 Å². The summed E-state index contributed by atoms with van der Waals surface area (Å²) in [6.45, 7) is 4.48. The number of piperazine rings is 1. The van der Waals surface area contributed by atoms with Gasteiger partial charge in [0.15, 0.2) is 5.82 Å². The third kappa shape index (κ3) is 3.33. The molecule has 2 aliphatic rings. The lowest BCUT2D eigenvalue weighted by molar-refractivity contribution is -0.140. The van der Waals surface area contributed by atoms with E-state index >= 15 is 0 Å². The average Bonchev–Trinajstić information content (AvgIpc) is 3.23. The second kappa shape index (κ2) is 7.63. The molecule has 0 saturated carbocycles. The third-order valence-electron chi connectivity index (χ3n) is 6.30. The molecule has 1 atom stereocenters. The highest BCUT2D eigenvalue weighted by molar-refractivity contribution is 6.03. The van der Waals surface area contributed by atoms with Crippen molar-refractivity contribution >= 4 is 33.3 Å². The van der Waals surface area contributed by atoms with Crippen LogP contribution in [0.3, 0.4) is 0 Å². The lowest BCUT2D eigenvalue weighted by atomic mass is 9.97. The van der Waals surface area contributed by atoms with Gasteiger partial charge < -0.3 is 15.2 Å². The van der Waals surface area contributed by atoms with Crippen LogP contribution in [0.15, 0.2) is 49.0 Å². The van der Waals surface area contributed by atoms with Crippen LogP contribution in [0.1, 0.15) is 18.2 Å². The average molecular weight is 463 g/mol. The lowest BCUT2D eigenvalue weighted by Crippen LogP contribution is -2.50. The number of H-pyrrole nitrogens is 1. The molecule has 1 aliphatic heterocycles. The minimum atomic E-state index is -4.51. The number of hydrogen-bond acceptors (Lipinski definition) is 6. The number of allylic oxidation sites excluding steroid dienone is 4. The topological polar surface area (TPSA) is 82.6 Å². The van der Waals surface area contributed by atoms with E-state index in [9.17, 15) is 13.2 Å². The fraction of sp³-hybridized carbons (Fsp3) is 0.250. The first-order chi connectivity index (χ1) is 16.4. The number of nitrogens with zero attached hydrogens (tertiary/aromatic N) is 5. The fourth-order valence-electron chi connectivity index (χ4n) is 4.51. The monoisotopic (exact) mass is 463 g/mol. The Labute approximate surface area is 192 Å².